The van der Waals surface area contributed by atoms with Gasteiger partial charge in [0.2, 0.25) is 0 Å². The Balaban J connectivity index is 0.815. The molecule has 4 unspecified atom stereocenters. The van der Waals surface area contributed by atoms with Gasteiger partial charge in [0.15, 0.2) is 25.2 Å². The molecule has 0 bridgehead atoms. The maximum Gasteiger partial charge on any atom is 0.158 e. The van der Waals surface area contributed by atoms with Crippen LogP contribution in [0.25, 0.3) is 21.5 Å². The monoisotopic (exact) mass is 1060 g/mol. The van der Waals surface area contributed by atoms with Gasteiger partial charge in [0, 0.05) is 59.9 Å². The van der Waals surface area contributed by atoms with Gasteiger partial charge >= 0.3 is 0 Å². The number of anilines is 6. The molecule has 0 spiro atoms. The van der Waals surface area contributed by atoms with Crippen LogP contribution < -0.4 is 9.80 Å². The van der Waals surface area contributed by atoms with Crippen LogP contribution in [0.5, 0.6) is 0 Å². The molecule has 8 aromatic carbocycles. The summed E-state index contributed by atoms with van der Waals surface area (Å²) in [5.74, 6) is 0. The SMILES string of the molecule is c1ccc2c(N(c3ccc(COC4CCCCO4)cc3)c3ccc(Cc4ccc(N(c5ccc(COC6CCCCO6)cc5)c5ccc(COC6CCCCO6)c6ccccc56)cc4)cc3)ccc(COC3CCCCO3)c2c1. The lowest BCUT2D eigenvalue weighted by molar-refractivity contribution is -0.169. The average molecular weight is 1060 g/mol. The number of hydrogen-bond acceptors (Lipinski definition) is 10. The fraction of sp³-hybridized carbons (Fsp3) is 0.362. The zero-order valence-corrected chi connectivity index (χ0v) is 45.5. The minimum absolute atomic E-state index is 0.136. The molecule has 4 aliphatic heterocycles. The van der Waals surface area contributed by atoms with Crippen molar-refractivity contribution in [1.29, 1.82) is 0 Å². The van der Waals surface area contributed by atoms with Gasteiger partial charge in [-0.15, -0.1) is 0 Å². The molecule has 0 radical (unpaired) electrons. The molecule has 79 heavy (non-hydrogen) atoms. The normalized spacial score (nSPS) is 19.8. The highest BCUT2D eigenvalue weighted by Gasteiger charge is 2.23. The molecule has 4 heterocycles. The molecule has 10 nitrogen and oxygen atoms in total. The number of hydrogen-bond donors (Lipinski definition) is 0. The molecular formula is C69H74N2O8. The molecule has 8 aromatic rings. The summed E-state index contributed by atoms with van der Waals surface area (Å²) in [4.78, 5) is 4.75. The maximum atomic E-state index is 6.34. The summed E-state index contributed by atoms with van der Waals surface area (Å²) in [6, 6.07) is 62.0. The summed E-state index contributed by atoms with van der Waals surface area (Å²) in [6.45, 7) is 5.06. The van der Waals surface area contributed by atoms with Crippen LogP contribution in [0.1, 0.15) is 110 Å². The van der Waals surface area contributed by atoms with Gasteiger partial charge in [-0.05, 0) is 188 Å². The highest BCUT2D eigenvalue weighted by atomic mass is 16.7. The van der Waals surface area contributed by atoms with E-state index in [1.165, 1.54) is 21.9 Å². The van der Waals surface area contributed by atoms with Crippen molar-refractivity contribution in [1.82, 2.24) is 0 Å². The Kier molecular flexibility index (Phi) is 17.7. The second-order valence-electron chi connectivity index (χ2n) is 21.5. The number of ether oxygens (including phenoxy) is 8. The first-order chi connectivity index (χ1) is 39.1. The van der Waals surface area contributed by atoms with Crippen molar-refractivity contribution >= 4 is 55.7 Å². The van der Waals surface area contributed by atoms with Gasteiger partial charge in [-0.25, -0.2) is 0 Å². The third kappa shape index (κ3) is 13.3. The summed E-state index contributed by atoms with van der Waals surface area (Å²) in [5.41, 5.74) is 13.5. The Bertz CT molecular complexity index is 2980. The van der Waals surface area contributed by atoms with Crippen molar-refractivity contribution in [3.8, 4) is 0 Å². The molecule has 4 atom stereocenters. The predicted molar refractivity (Wildman–Crippen MR) is 314 cm³/mol. The largest absolute Gasteiger partial charge is 0.353 e. The van der Waals surface area contributed by atoms with E-state index in [0.717, 1.165) is 177 Å². The van der Waals surface area contributed by atoms with Crippen LogP contribution >= 0.6 is 0 Å². The molecule has 4 aliphatic rings. The standard InChI is InChI=1S/C69H74N2O8/c1-3-15-62-60(13-1)54(48-78-68-19-7-11-43-74-68)29-39-64(62)70(58-35-25-52(26-36-58)46-76-66-17-5-9-41-72-66)56-31-21-50(22-32-56)45-51-23-33-57(34-24-51)71(59-37-27-53(28-38-59)47-77-67-18-6-10-42-73-67)65-40-30-55(61-14-2-4-16-63(61)65)49-79-69-20-8-12-44-75-69/h1-4,13-16,21-40,66-69H,5-12,17-20,41-49H2. The van der Waals surface area contributed by atoms with Gasteiger partial charge in [-0.2, -0.15) is 0 Å². The Morgan fingerprint density at radius 2 is 0.608 bits per heavy atom. The molecule has 0 saturated carbocycles. The van der Waals surface area contributed by atoms with Crippen LogP contribution in [0.4, 0.5) is 34.1 Å². The summed E-state index contributed by atoms with van der Waals surface area (Å²) in [6.07, 6.45) is 12.9. The van der Waals surface area contributed by atoms with E-state index < -0.39 is 0 Å². The Labute approximate surface area is 466 Å². The quantitative estimate of drug-likeness (QED) is 0.0736. The van der Waals surface area contributed by atoms with Gasteiger partial charge < -0.3 is 47.7 Å². The second kappa shape index (κ2) is 26.2. The Morgan fingerprint density at radius 1 is 0.304 bits per heavy atom. The number of benzene rings is 8. The van der Waals surface area contributed by atoms with Crippen molar-refractivity contribution in [2.24, 2.45) is 0 Å². The lowest BCUT2D eigenvalue weighted by Crippen LogP contribution is -2.22. The molecule has 0 aliphatic carbocycles. The zero-order chi connectivity index (χ0) is 53.0. The van der Waals surface area contributed by atoms with Crippen molar-refractivity contribution in [2.75, 3.05) is 36.2 Å². The fourth-order valence-electron chi connectivity index (χ4n) is 11.5. The van der Waals surface area contributed by atoms with Gasteiger partial charge in [-0.3, -0.25) is 0 Å². The fourth-order valence-corrected chi connectivity index (χ4v) is 11.5. The van der Waals surface area contributed by atoms with Crippen LogP contribution in [0, 0.1) is 0 Å². The molecule has 0 amide bonds. The maximum absolute atomic E-state index is 6.34. The summed E-state index contributed by atoms with van der Waals surface area (Å²) >= 11 is 0. The summed E-state index contributed by atoms with van der Waals surface area (Å²) in [5, 5.41) is 4.66. The van der Waals surface area contributed by atoms with E-state index in [1.807, 2.05) is 0 Å². The van der Waals surface area contributed by atoms with E-state index in [0.29, 0.717) is 26.4 Å². The Morgan fingerprint density at radius 3 is 0.924 bits per heavy atom. The van der Waals surface area contributed by atoms with Gasteiger partial charge in [-0.1, -0.05) is 109 Å². The van der Waals surface area contributed by atoms with Crippen LogP contribution in [-0.4, -0.2) is 51.6 Å². The van der Waals surface area contributed by atoms with E-state index in [4.69, 9.17) is 37.9 Å². The Hall–Kier alpha value is -6.44. The van der Waals surface area contributed by atoms with Crippen molar-refractivity contribution in [3.05, 3.63) is 203 Å². The number of rotatable bonds is 20. The second-order valence-corrected chi connectivity index (χ2v) is 21.5. The third-order valence-corrected chi connectivity index (χ3v) is 15.9. The first-order valence-electron chi connectivity index (χ1n) is 29.1. The zero-order valence-electron chi connectivity index (χ0n) is 45.5. The van der Waals surface area contributed by atoms with Crippen molar-refractivity contribution in [3.63, 3.8) is 0 Å². The molecule has 4 saturated heterocycles. The molecule has 12 rings (SSSR count). The van der Waals surface area contributed by atoms with E-state index in [1.54, 1.807) is 0 Å². The molecule has 10 heteroatoms. The van der Waals surface area contributed by atoms with Gasteiger partial charge in [0.05, 0.1) is 37.8 Å². The van der Waals surface area contributed by atoms with E-state index in [-0.39, 0.29) is 25.2 Å². The first-order valence-corrected chi connectivity index (χ1v) is 29.1. The van der Waals surface area contributed by atoms with E-state index in [2.05, 4.69) is 180 Å². The topological polar surface area (TPSA) is 80.3 Å². The number of fused-ring (bicyclic) bond motifs is 2. The molecule has 4 fully saturated rings. The van der Waals surface area contributed by atoms with Gasteiger partial charge in [0.25, 0.3) is 0 Å². The van der Waals surface area contributed by atoms with E-state index in [9.17, 15) is 0 Å². The predicted octanol–water partition coefficient (Wildman–Crippen LogP) is 16.7. The summed E-state index contributed by atoms with van der Waals surface area (Å²) in [7, 11) is 0. The minimum Gasteiger partial charge on any atom is -0.353 e. The first kappa shape index (κ1) is 53.2. The smallest absolute Gasteiger partial charge is 0.158 e. The molecule has 0 N–H and O–H groups in total. The van der Waals surface area contributed by atoms with Gasteiger partial charge in [0.1, 0.15) is 0 Å². The van der Waals surface area contributed by atoms with Crippen LogP contribution in [0.3, 0.4) is 0 Å². The van der Waals surface area contributed by atoms with Crippen LogP contribution in [0.15, 0.2) is 170 Å². The molecular weight excluding hydrogens is 985 g/mol. The molecule has 0 aromatic heterocycles. The van der Waals surface area contributed by atoms with Crippen molar-refractivity contribution < 1.29 is 37.9 Å². The highest BCUT2D eigenvalue weighted by Crippen LogP contribution is 2.43. The highest BCUT2D eigenvalue weighted by molar-refractivity contribution is 6.01. The molecule has 408 valence electrons. The minimum atomic E-state index is -0.157. The third-order valence-electron chi connectivity index (χ3n) is 15.9. The van der Waals surface area contributed by atoms with Crippen molar-refractivity contribution in [2.45, 2.75) is 135 Å². The van der Waals surface area contributed by atoms with Crippen LogP contribution in [0.2, 0.25) is 0 Å². The summed E-state index contributed by atoms with van der Waals surface area (Å²) < 4.78 is 48.7. The average Bonchev–Trinajstić information content (AvgIpc) is 3.53. The lowest BCUT2D eigenvalue weighted by atomic mass is 10.00. The van der Waals surface area contributed by atoms with Crippen LogP contribution in [-0.2, 0) is 70.7 Å². The lowest BCUT2D eigenvalue weighted by Gasteiger charge is -2.28. The number of nitrogens with zero attached hydrogens (tertiary/aromatic N) is 2. The van der Waals surface area contributed by atoms with E-state index >= 15 is 0 Å².